The van der Waals surface area contributed by atoms with E-state index in [0.717, 1.165) is 0 Å². The summed E-state index contributed by atoms with van der Waals surface area (Å²) in [5, 5.41) is 0. The fourth-order valence-electron chi connectivity index (χ4n) is 0. The molecule has 0 bridgehead atoms. The topological polar surface area (TPSA) is 189 Å². The maximum Gasteiger partial charge on any atom is -0.197 e. The molecule has 7 heteroatoms. The van der Waals surface area contributed by atoms with Gasteiger partial charge in [-0.25, -0.2) is 0 Å². The summed E-state index contributed by atoms with van der Waals surface area (Å²) in [4.78, 5) is 0. The molecule has 0 heterocycles. The highest BCUT2D eigenvalue weighted by Crippen LogP contribution is 0.648. The van der Waals surface area contributed by atoms with Gasteiger partial charge in [-0.2, -0.15) is 13.5 Å². The molecule has 7 heavy (non-hydrogen) atoms. The molecule has 0 aliphatic heterocycles. The van der Waals surface area contributed by atoms with Crippen molar-refractivity contribution in [2.24, 2.45) is 0 Å². The molecule has 0 fully saturated rings. The Hall–Kier alpha value is 0.110. The van der Waals surface area contributed by atoms with Crippen LogP contribution in [0.5, 0.6) is 0 Å². The third-order valence-corrected chi connectivity index (χ3v) is 0. The summed E-state index contributed by atoms with van der Waals surface area (Å²) in [6.07, 6.45) is 0. The summed E-state index contributed by atoms with van der Waals surface area (Å²) < 4.78 is 0. The number of hydrogen-bond acceptors (Lipinski definition) is 0. The van der Waals surface area contributed by atoms with Gasteiger partial charge in [0, 0.05) is 0 Å². The highest BCUT2D eigenvalue weighted by atomic mass is 32.1. The maximum absolute atomic E-state index is 0. The van der Waals surface area contributed by atoms with E-state index < -0.39 is 0 Å². The van der Waals surface area contributed by atoms with Crippen LogP contribution in [0.1, 0.15) is 0 Å². The monoisotopic (exact) mass is 142 g/mol. The Morgan fingerprint density at radius 3 is 0.286 bits per heavy atom. The van der Waals surface area contributed by atoms with Gasteiger partial charge in [0.25, 0.3) is 0 Å². The van der Waals surface area contributed by atoms with E-state index in [-0.39, 0.29) is 46.4 Å². The quantitative estimate of drug-likeness (QED) is 0.313. The molecule has 56 valence electrons. The molecule has 0 aromatic heterocycles. The SMILES string of the molecule is O.O.O.O.O.O.S. The van der Waals surface area contributed by atoms with Crippen LogP contribution in [0.3, 0.4) is 0 Å². The molecule has 0 radical (unpaired) electrons. The van der Waals surface area contributed by atoms with Gasteiger partial charge in [-0.15, -0.1) is 0 Å². The van der Waals surface area contributed by atoms with Crippen molar-refractivity contribution in [3.05, 3.63) is 0 Å². The Bertz CT molecular complexity index is 4.14. The molecule has 0 aliphatic rings. The molecule has 0 unspecified atom stereocenters. The summed E-state index contributed by atoms with van der Waals surface area (Å²) in [7, 11) is 0. The first kappa shape index (κ1) is 21900. The third-order valence-electron chi connectivity index (χ3n) is 0. The predicted octanol–water partition coefficient (Wildman–Crippen LogP) is -4.84. The zero-order valence-corrected chi connectivity index (χ0v) is 4.50. The van der Waals surface area contributed by atoms with Crippen molar-refractivity contribution in [3.8, 4) is 0 Å². The van der Waals surface area contributed by atoms with Crippen molar-refractivity contribution in [2.75, 3.05) is 0 Å². The largest absolute Gasteiger partial charge is 0.412 e. The van der Waals surface area contributed by atoms with Crippen LogP contribution in [0.15, 0.2) is 0 Å². The van der Waals surface area contributed by atoms with Crippen LogP contribution in [0, 0.1) is 0 Å². The molecule has 0 amide bonds. The summed E-state index contributed by atoms with van der Waals surface area (Å²) >= 11 is 0. The predicted molar refractivity (Wildman–Crippen MR) is 32.1 cm³/mol. The number of hydrogen-bond donors (Lipinski definition) is 0. The number of rotatable bonds is 0. The average molecular weight is 142 g/mol. The lowest BCUT2D eigenvalue weighted by Gasteiger charge is -0.413. The van der Waals surface area contributed by atoms with Crippen LogP contribution in [-0.2, 0) is 0 Å². The second-order valence-electron chi connectivity index (χ2n) is 0. The normalized spacial score (nSPS) is 0. The highest BCUT2D eigenvalue weighted by Gasteiger charge is -0.197. The minimum Gasteiger partial charge on any atom is -0.412 e. The van der Waals surface area contributed by atoms with Crippen molar-refractivity contribution in [1.29, 1.82) is 0 Å². The molecule has 0 aromatic carbocycles. The van der Waals surface area contributed by atoms with Gasteiger partial charge < -0.3 is 32.9 Å². The lowest BCUT2D eigenvalue weighted by molar-refractivity contribution is 0.823. The lowest BCUT2D eigenvalue weighted by atomic mass is 16.0. The standard InChI is InChI=1S/6H2O.H2S/h7*1H2. The molecular formula is H14O6S. The van der Waals surface area contributed by atoms with Gasteiger partial charge in [-0.1, -0.05) is 0 Å². The van der Waals surface area contributed by atoms with Crippen LogP contribution >= 0.6 is 13.5 Å². The van der Waals surface area contributed by atoms with E-state index in [1.54, 1.807) is 0 Å². The van der Waals surface area contributed by atoms with Crippen LogP contribution in [-0.4, -0.2) is 32.9 Å². The minimum atomic E-state index is 0. The summed E-state index contributed by atoms with van der Waals surface area (Å²) in [6, 6.07) is 0. The molecule has 0 aliphatic carbocycles. The first-order valence-corrected chi connectivity index (χ1v) is 0. The molecule has 12 N–H and O–H groups in total. The molecule has 0 aromatic rings. The second-order valence-corrected chi connectivity index (χ2v) is 0. The van der Waals surface area contributed by atoms with E-state index in [9.17, 15) is 0 Å². The van der Waals surface area contributed by atoms with E-state index in [1.165, 1.54) is 0 Å². The first-order valence-electron chi connectivity index (χ1n) is 0. The van der Waals surface area contributed by atoms with Gasteiger partial charge in [-0.3, -0.25) is 0 Å². The van der Waals surface area contributed by atoms with Gasteiger partial charge in [0.1, 0.15) is 0 Å². The van der Waals surface area contributed by atoms with Crippen molar-refractivity contribution < 1.29 is 32.9 Å². The molecule has 0 rings (SSSR count). The molecule has 0 saturated heterocycles. The van der Waals surface area contributed by atoms with Gasteiger partial charge >= 0.3 is 0 Å². The molecular weight excluding hydrogens is 128 g/mol. The second kappa shape index (κ2) is 13200. The Morgan fingerprint density at radius 1 is 0.286 bits per heavy atom. The highest BCUT2D eigenvalue weighted by molar-refractivity contribution is 7.59. The molecule has 0 atom stereocenters. The van der Waals surface area contributed by atoms with Crippen molar-refractivity contribution in [3.63, 3.8) is 0 Å². The van der Waals surface area contributed by atoms with E-state index in [2.05, 4.69) is 0 Å². The van der Waals surface area contributed by atoms with Gasteiger partial charge in [0.05, 0.1) is 0 Å². The minimum absolute atomic E-state index is 0. The van der Waals surface area contributed by atoms with Crippen molar-refractivity contribution in [1.82, 2.24) is 0 Å². The first-order chi connectivity index (χ1) is 0. The average Bonchev–Trinajstić information content (AvgIpc) is 0. The Morgan fingerprint density at radius 2 is 0.286 bits per heavy atom. The fourth-order valence-corrected chi connectivity index (χ4v) is 0. The molecule has 0 spiro atoms. The Kier molecular flexibility index (Phi) is 41300000. The molecule has 6 nitrogen and oxygen atoms in total. The van der Waals surface area contributed by atoms with Gasteiger partial charge in [0.15, 0.2) is 0 Å². The van der Waals surface area contributed by atoms with Crippen LogP contribution < -0.4 is 0 Å². The van der Waals surface area contributed by atoms with Crippen molar-refractivity contribution >= 4 is 13.5 Å². The Balaban J connectivity index is 0. The van der Waals surface area contributed by atoms with Crippen molar-refractivity contribution in [2.45, 2.75) is 0 Å². The van der Waals surface area contributed by atoms with Gasteiger partial charge in [0.2, 0.25) is 0 Å². The van der Waals surface area contributed by atoms with Crippen LogP contribution in [0.25, 0.3) is 0 Å². The smallest absolute Gasteiger partial charge is 0.197 e. The van der Waals surface area contributed by atoms with E-state index in [1.807, 2.05) is 0 Å². The Labute approximate surface area is 47.4 Å². The summed E-state index contributed by atoms with van der Waals surface area (Å²) in [5.74, 6) is 0. The zero-order valence-electron chi connectivity index (χ0n) is 3.50. The summed E-state index contributed by atoms with van der Waals surface area (Å²) in [5.41, 5.74) is 0. The van der Waals surface area contributed by atoms with Crippen LogP contribution in [0.4, 0.5) is 0 Å². The van der Waals surface area contributed by atoms with E-state index in [4.69, 9.17) is 0 Å². The van der Waals surface area contributed by atoms with E-state index in [0.29, 0.717) is 0 Å². The van der Waals surface area contributed by atoms with E-state index >= 15 is 0 Å². The maximum atomic E-state index is 0. The summed E-state index contributed by atoms with van der Waals surface area (Å²) in [6.45, 7) is 0. The molecule has 0 saturated carbocycles. The van der Waals surface area contributed by atoms with Crippen LogP contribution in [0.2, 0.25) is 0 Å². The zero-order chi connectivity index (χ0) is 0. The fraction of sp³-hybridized carbons (Fsp3) is 0. The third kappa shape index (κ3) is 8530. The lowest BCUT2D eigenvalue weighted by Crippen LogP contribution is -0.290. The van der Waals surface area contributed by atoms with Gasteiger partial charge in [-0.05, 0) is 0 Å².